The Labute approximate surface area is 199 Å². The first-order valence-corrected chi connectivity index (χ1v) is 14.3. The van der Waals surface area contributed by atoms with E-state index in [2.05, 4.69) is 25.5 Å². The number of allylic oxidation sites excluding steroid dienone is 1. The molecule has 0 nitrogen and oxygen atoms in total. The summed E-state index contributed by atoms with van der Waals surface area (Å²) in [5.41, 5.74) is 6.48. The van der Waals surface area contributed by atoms with Crippen LogP contribution in [0.1, 0.15) is 11.1 Å². The van der Waals surface area contributed by atoms with Gasteiger partial charge >= 0.3 is 0 Å². The summed E-state index contributed by atoms with van der Waals surface area (Å²) in [6, 6.07) is 30.4. The molecule has 0 unspecified atom stereocenters. The molecule has 34 heavy (non-hydrogen) atoms. The monoisotopic (exact) mass is 472 g/mol. The SMILES string of the molecule is C[P+]1(C)CC(c2ccccc2)=C(c2ccc(F)cc2)[B-]1(c1ccc(F)cc1)c1ccc(F)cc1. The summed E-state index contributed by atoms with van der Waals surface area (Å²) < 4.78 is 42.1. The van der Waals surface area contributed by atoms with Crippen LogP contribution in [0.4, 0.5) is 13.2 Å². The minimum absolute atomic E-state index is 0.292. The standard InChI is InChI=1S/C29H25BF3P/c1-34(2)20-28(21-6-4-3-5-7-21)29(22-8-14-25(31)15-9-22)30(34,23-10-16-26(32)17-11-23)24-12-18-27(33)19-13-24/h3-19H,20H2,1-2H3. The smallest absolute Gasteiger partial charge is 0.207 e. The minimum atomic E-state index is -1.81. The molecule has 0 radical (unpaired) electrons. The zero-order valence-corrected chi connectivity index (χ0v) is 20.1. The molecule has 0 amide bonds. The summed E-state index contributed by atoms with van der Waals surface area (Å²) in [5.74, 6) is -2.46. The summed E-state index contributed by atoms with van der Waals surface area (Å²) >= 11 is 0. The quantitative estimate of drug-likeness (QED) is 0.232. The second kappa shape index (κ2) is 8.60. The van der Waals surface area contributed by atoms with Crippen molar-refractivity contribution in [3.8, 4) is 0 Å². The third kappa shape index (κ3) is 3.62. The van der Waals surface area contributed by atoms with Crippen LogP contribution in [0.3, 0.4) is 0 Å². The van der Waals surface area contributed by atoms with Gasteiger partial charge in [0.1, 0.15) is 17.5 Å². The molecule has 0 fully saturated rings. The maximum Gasteiger partial charge on any atom is 0.247 e. The average Bonchev–Trinajstić information content (AvgIpc) is 3.09. The Morgan fingerprint density at radius 3 is 1.47 bits per heavy atom. The lowest BCUT2D eigenvalue weighted by Crippen LogP contribution is -2.59. The molecule has 0 saturated heterocycles. The number of hydrogen-bond donors (Lipinski definition) is 0. The van der Waals surface area contributed by atoms with Gasteiger partial charge in [-0.05, 0) is 47.5 Å². The van der Waals surface area contributed by atoms with Crippen LogP contribution in [0, 0.1) is 17.5 Å². The van der Waals surface area contributed by atoms with Crippen LogP contribution in [0.15, 0.2) is 103 Å². The number of halogens is 3. The van der Waals surface area contributed by atoms with Crippen molar-refractivity contribution < 1.29 is 13.2 Å². The van der Waals surface area contributed by atoms with Gasteiger partial charge in [0, 0.05) is 19.5 Å². The first-order chi connectivity index (χ1) is 16.3. The lowest BCUT2D eigenvalue weighted by Gasteiger charge is -2.46. The highest BCUT2D eigenvalue weighted by molar-refractivity contribution is 8.14. The molecule has 1 aliphatic heterocycles. The Morgan fingerprint density at radius 1 is 0.559 bits per heavy atom. The molecular weight excluding hydrogens is 447 g/mol. The number of hydrogen-bond acceptors (Lipinski definition) is 0. The molecule has 170 valence electrons. The van der Waals surface area contributed by atoms with Crippen LogP contribution in [0.25, 0.3) is 11.0 Å². The van der Waals surface area contributed by atoms with Gasteiger partial charge in [-0.15, -0.1) is 12.6 Å². The predicted molar refractivity (Wildman–Crippen MR) is 141 cm³/mol. The van der Waals surface area contributed by atoms with Crippen molar-refractivity contribution in [2.75, 3.05) is 19.5 Å². The average molecular weight is 472 g/mol. The molecule has 0 atom stereocenters. The van der Waals surface area contributed by atoms with Crippen LogP contribution in [0.2, 0.25) is 0 Å². The van der Waals surface area contributed by atoms with Gasteiger partial charge in [0.05, 0.1) is 0 Å². The van der Waals surface area contributed by atoms with E-state index in [0.717, 1.165) is 33.7 Å². The summed E-state index contributed by atoms with van der Waals surface area (Å²) in [7, 11) is -1.81. The van der Waals surface area contributed by atoms with E-state index in [4.69, 9.17) is 0 Å². The van der Waals surface area contributed by atoms with Gasteiger partial charge < -0.3 is 0 Å². The summed E-state index contributed by atoms with van der Waals surface area (Å²) in [6.07, 6.45) is 0.873. The van der Waals surface area contributed by atoms with Gasteiger partial charge in [0.2, 0.25) is 5.87 Å². The van der Waals surface area contributed by atoms with Crippen LogP contribution in [-0.2, 0) is 0 Å². The maximum absolute atomic E-state index is 14.1. The molecule has 1 heterocycles. The first-order valence-electron chi connectivity index (χ1n) is 11.4. The fraction of sp³-hybridized carbons (Fsp3) is 0.103. The fourth-order valence-corrected chi connectivity index (χ4v) is 10.4. The van der Waals surface area contributed by atoms with Crippen molar-refractivity contribution in [3.05, 3.63) is 132 Å². The van der Waals surface area contributed by atoms with Crippen molar-refractivity contribution >= 4 is 35.0 Å². The highest BCUT2D eigenvalue weighted by Gasteiger charge is 2.57. The molecule has 0 saturated carbocycles. The zero-order valence-electron chi connectivity index (χ0n) is 19.2. The topological polar surface area (TPSA) is 0 Å². The molecule has 0 spiro atoms. The zero-order chi connectivity index (χ0) is 23.9. The van der Waals surface area contributed by atoms with E-state index < -0.39 is 13.0 Å². The Balaban J connectivity index is 1.93. The summed E-state index contributed by atoms with van der Waals surface area (Å²) in [6.45, 7) is 4.67. The van der Waals surface area contributed by atoms with E-state index in [1.54, 1.807) is 0 Å². The van der Waals surface area contributed by atoms with Gasteiger partial charge in [-0.3, -0.25) is 0 Å². The summed E-state index contributed by atoms with van der Waals surface area (Å²) in [4.78, 5) is 0. The van der Waals surface area contributed by atoms with Gasteiger partial charge in [-0.2, -0.15) is 10.9 Å². The van der Waals surface area contributed by atoms with Gasteiger partial charge in [0.25, 0.3) is 0 Å². The molecule has 4 aromatic rings. The van der Waals surface area contributed by atoms with Crippen molar-refractivity contribution in [3.63, 3.8) is 0 Å². The normalized spacial score (nSPS) is 16.6. The largest absolute Gasteiger partial charge is 0.247 e. The van der Waals surface area contributed by atoms with E-state index in [1.165, 1.54) is 42.0 Å². The molecule has 5 rings (SSSR count). The van der Waals surface area contributed by atoms with E-state index >= 15 is 0 Å². The summed E-state index contributed by atoms with van der Waals surface area (Å²) in [5, 5.41) is 0. The second-order valence-electron chi connectivity index (χ2n) is 9.63. The third-order valence-electron chi connectivity index (χ3n) is 7.34. The number of rotatable bonds is 4. The van der Waals surface area contributed by atoms with Crippen molar-refractivity contribution in [1.29, 1.82) is 0 Å². The molecule has 0 aromatic heterocycles. The predicted octanol–water partition coefficient (Wildman–Crippen LogP) is 6.60. The van der Waals surface area contributed by atoms with Crippen LogP contribution in [0.5, 0.6) is 0 Å². The Bertz CT molecular complexity index is 1300. The highest BCUT2D eigenvalue weighted by atomic mass is 31.2. The Kier molecular flexibility index (Phi) is 5.74. The first kappa shape index (κ1) is 22.7. The van der Waals surface area contributed by atoms with Crippen LogP contribution in [-0.4, -0.2) is 25.4 Å². The Hall–Kier alpha value is -3.10. The van der Waals surface area contributed by atoms with Crippen molar-refractivity contribution in [2.24, 2.45) is 0 Å². The van der Waals surface area contributed by atoms with E-state index in [-0.39, 0.29) is 17.5 Å². The van der Waals surface area contributed by atoms with Gasteiger partial charge in [-0.25, -0.2) is 13.2 Å². The molecular formula is C29H25BF3P. The number of benzene rings is 4. The lowest BCUT2D eigenvalue weighted by atomic mass is 9.32. The van der Waals surface area contributed by atoms with E-state index in [1.807, 2.05) is 54.6 Å². The van der Waals surface area contributed by atoms with Crippen LogP contribution < -0.4 is 10.9 Å². The maximum atomic E-state index is 14.1. The van der Waals surface area contributed by atoms with Gasteiger partial charge in [0.15, 0.2) is 0 Å². The molecule has 1 aliphatic rings. The van der Waals surface area contributed by atoms with Crippen molar-refractivity contribution in [2.45, 2.75) is 0 Å². The second-order valence-corrected chi connectivity index (χ2v) is 14.3. The third-order valence-corrected chi connectivity index (χ3v) is 11.4. The van der Waals surface area contributed by atoms with E-state index in [0.29, 0.717) is 0 Å². The highest BCUT2D eigenvalue weighted by Crippen LogP contribution is 2.71. The fourth-order valence-electron chi connectivity index (χ4n) is 5.98. The minimum Gasteiger partial charge on any atom is -0.207 e. The molecule has 0 aliphatic carbocycles. The van der Waals surface area contributed by atoms with Crippen LogP contribution >= 0.6 is 7.14 Å². The van der Waals surface area contributed by atoms with Gasteiger partial charge in [-0.1, -0.05) is 72.3 Å². The van der Waals surface area contributed by atoms with Crippen molar-refractivity contribution in [1.82, 2.24) is 0 Å². The molecule has 4 aromatic carbocycles. The Morgan fingerprint density at radius 2 is 1.00 bits per heavy atom. The molecule has 5 heteroatoms. The molecule has 0 N–H and O–H groups in total. The van der Waals surface area contributed by atoms with E-state index in [9.17, 15) is 13.2 Å². The molecule has 0 bridgehead atoms. The lowest BCUT2D eigenvalue weighted by molar-refractivity contribution is 0.627.